The van der Waals surface area contributed by atoms with E-state index in [2.05, 4.69) is 24.0 Å². The minimum Gasteiger partial charge on any atom is -0.389 e. The zero-order chi connectivity index (χ0) is 10.7. The van der Waals surface area contributed by atoms with E-state index in [0.29, 0.717) is 11.3 Å². The van der Waals surface area contributed by atoms with E-state index in [-0.39, 0.29) is 5.60 Å². The van der Waals surface area contributed by atoms with Crippen LogP contribution in [0.3, 0.4) is 0 Å². The summed E-state index contributed by atoms with van der Waals surface area (Å²) in [7, 11) is 0. The fourth-order valence-corrected chi connectivity index (χ4v) is 3.89. The third-order valence-corrected chi connectivity index (χ3v) is 5.21. The highest BCUT2D eigenvalue weighted by Crippen LogP contribution is 2.30. The molecule has 2 atom stereocenters. The average Bonchev–Trinajstić information content (AvgIpc) is 2.65. The summed E-state index contributed by atoms with van der Waals surface area (Å²) in [6.45, 7) is 3.11. The maximum absolute atomic E-state index is 10.2. The van der Waals surface area contributed by atoms with Crippen LogP contribution in [0.1, 0.15) is 45.4 Å². The second-order valence-electron chi connectivity index (χ2n) is 5.14. The van der Waals surface area contributed by atoms with Crippen molar-refractivity contribution in [3.05, 3.63) is 0 Å². The first-order valence-electron chi connectivity index (χ1n) is 6.27. The Kier molecular flexibility index (Phi) is 3.97. The standard InChI is InChI=1S/C12H23NOS/c1-10-11(5-4-8-15-10)13-9-12(14)6-2-3-7-12/h10-11,13-14H,2-9H2,1H3. The predicted octanol–water partition coefficient (Wildman–Crippen LogP) is 2.17. The maximum atomic E-state index is 10.2. The lowest BCUT2D eigenvalue weighted by atomic mass is 10.0. The Morgan fingerprint density at radius 1 is 1.33 bits per heavy atom. The zero-order valence-electron chi connectivity index (χ0n) is 9.67. The van der Waals surface area contributed by atoms with E-state index < -0.39 is 0 Å². The van der Waals surface area contributed by atoms with Crippen LogP contribution >= 0.6 is 11.8 Å². The second-order valence-corrected chi connectivity index (χ2v) is 6.62. The Morgan fingerprint density at radius 3 is 2.73 bits per heavy atom. The van der Waals surface area contributed by atoms with Gasteiger partial charge in [0.15, 0.2) is 0 Å². The molecule has 3 heteroatoms. The van der Waals surface area contributed by atoms with Crippen molar-refractivity contribution in [1.82, 2.24) is 5.32 Å². The van der Waals surface area contributed by atoms with Crippen LogP contribution in [0.5, 0.6) is 0 Å². The first kappa shape index (κ1) is 11.7. The summed E-state index contributed by atoms with van der Waals surface area (Å²) in [6, 6.07) is 0.619. The summed E-state index contributed by atoms with van der Waals surface area (Å²) in [5, 5.41) is 14.5. The van der Waals surface area contributed by atoms with Crippen molar-refractivity contribution in [3.63, 3.8) is 0 Å². The normalized spacial score (nSPS) is 35.6. The van der Waals surface area contributed by atoms with Gasteiger partial charge in [-0.05, 0) is 31.4 Å². The Morgan fingerprint density at radius 2 is 2.07 bits per heavy atom. The molecule has 0 spiro atoms. The second kappa shape index (κ2) is 5.07. The molecular weight excluding hydrogens is 206 g/mol. The lowest BCUT2D eigenvalue weighted by Crippen LogP contribution is -2.47. The Balaban J connectivity index is 1.76. The third-order valence-electron chi connectivity index (χ3n) is 3.83. The van der Waals surface area contributed by atoms with Crippen LogP contribution in [-0.2, 0) is 0 Å². The molecule has 0 aromatic rings. The SMILES string of the molecule is CC1SCCCC1NCC1(O)CCCC1. The molecule has 0 radical (unpaired) electrons. The summed E-state index contributed by atoms with van der Waals surface area (Å²) < 4.78 is 0. The van der Waals surface area contributed by atoms with E-state index in [1.165, 1.54) is 31.4 Å². The maximum Gasteiger partial charge on any atom is 0.0771 e. The fraction of sp³-hybridized carbons (Fsp3) is 1.00. The van der Waals surface area contributed by atoms with Gasteiger partial charge in [-0.1, -0.05) is 19.8 Å². The highest BCUT2D eigenvalue weighted by atomic mass is 32.2. The zero-order valence-corrected chi connectivity index (χ0v) is 10.5. The minimum absolute atomic E-state index is 0.387. The van der Waals surface area contributed by atoms with Gasteiger partial charge in [-0.15, -0.1) is 0 Å². The van der Waals surface area contributed by atoms with Gasteiger partial charge in [-0.2, -0.15) is 11.8 Å². The van der Waals surface area contributed by atoms with Crippen LogP contribution < -0.4 is 5.32 Å². The first-order chi connectivity index (χ1) is 7.20. The van der Waals surface area contributed by atoms with E-state index in [1.54, 1.807) is 0 Å². The molecule has 1 saturated carbocycles. The third kappa shape index (κ3) is 3.11. The van der Waals surface area contributed by atoms with Crippen LogP contribution in [0.15, 0.2) is 0 Å². The Bertz CT molecular complexity index is 204. The lowest BCUT2D eigenvalue weighted by Gasteiger charge is -2.32. The fourth-order valence-electron chi connectivity index (χ4n) is 2.72. The van der Waals surface area contributed by atoms with Crippen LogP contribution in [0.2, 0.25) is 0 Å². The molecule has 2 fully saturated rings. The highest BCUT2D eigenvalue weighted by Gasteiger charge is 2.32. The van der Waals surface area contributed by atoms with Crippen molar-refractivity contribution >= 4 is 11.8 Å². The monoisotopic (exact) mass is 229 g/mol. The summed E-state index contributed by atoms with van der Waals surface area (Å²) in [5.74, 6) is 1.31. The topological polar surface area (TPSA) is 32.3 Å². The molecule has 1 saturated heterocycles. The molecule has 2 rings (SSSR count). The molecule has 2 nitrogen and oxygen atoms in total. The number of hydrogen-bond donors (Lipinski definition) is 2. The van der Waals surface area contributed by atoms with Gasteiger partial charge in [0.2, 0.25) is 0 Å². The van der Waals surface area contributed by atoms with E-state index >= 15 is 0 Å². The van der Waals surface area contributed by atoms with Crippen molar-refractivity contribution in [3.8, 4) is 0 Å². The molecular formula is C12H23NOS. The summed E-state index contributed by atoms with van der Waals surface area (Å²) in [6.07, 6.45) is 7.00. The molecule has 1 aliphatic heterocycles. The van der Waals surface area contributed by atoms with Gasteiger partial charge in [0.05, 0.1) is 5.60 Å². The van der Waals surface area contributed by atoms with Gasteiger partial charge in [-0.3, -0.25) is 0 Å². The molecule has 0 amide bonds. The van der Waals surface area contributed by atoms with Crippen LogP contribution in [0, 0.1) is 0 Å². The number of aliphatic hydroxyl groups is 1. The lowest BCUT2D eigenvalue weighted by molar-refractivity contribution is 0.0444. The molecule has 2 unspecified atom stereocenters. The molecule has 1 aliphatic carbocycles. The molecule has 0 aromatic heterocycles. The smallest absolute Gasteiger partial charge is 0.0771 e. The molecule has 2 aliphatic rings. The van der Waals surface area contributed by atoms with Crippen molar-refractivity contribution < 1.29 is 5.11 Å². The van der Waals surface area contributed by atoms with Crippen LogP contribution in [-0.4, -0.2) is 34.3 Å². The van der Waals surface area contributed by atoms with Gasteiger partial charge >= 0.3 is 0 Å². The predicted molar refractivity (Wildman–Crippen MR) is 66.4 cm³/mol. The van der Waals surface area contributed by atoms with Crippen LogP contribution in [0.25, 0.3) is 0 Å². The van der Waals surface area contributed by atoms with E-state index in [1.807, 2.05) is 0 Å². The van der Waals surface area contributed by atoms with Gasteiger partial charge in [0.25, 0.3) is 0 Å². The van der Waals surface area contributed by atoms with Gasteiger partial charge in [-0.25, -0.2) is 0 Å². The van der Waals surface area contributed by atoms with Crippen molar-refractivity contribution in [2.24, 2.45) is 0 Å². The van der Waals surface area contributed by atoms with E-state index in [9.17, 15) is 5.11 Å². The van der Waals surface area contributed by atoms with Gasteiger partial charge in [0, 0.05) is 17.8 Å². The Labute approximate surface area is 97.2 Å². The van der Waals surface area contributed by atoms with Crippen molar-refractivity contribution in [2.45, 2.75) is 62.3 Å². The summed E-state index contributed by atoms with van der Waals surface area (Å²) >= 11 is 2.06. The summed E-state index contributed by atoms with van der Waals surface area (Å²) in [4.78, 5) is 0. The Hall–Kier alpha value is 0.270. The number of hydrogen-bond acceptors (Lipinski definition) is 3. The molecule has 88 valence electrons. The van der Waals surface area contributed by atoms with Gasteiger partial charge in [0.1, 0.15) is 0 Å². The molecule has 15 heavy (non-hydrogen) atoms. The van der Waals surface area contributed by atoms with E-state index in [0.717, 1.165) is 19.4 Å². The quantitative estimate of drug-likeness (QED) is 0.778. The largest absolute Gasteiger partial charge is 0.389 e. The highest BCUT2D eigenvalue weighted by molar-refractivity contribution is 7.99. The average molecular weight is 229 g/mol. The summed E-state index contributed by atoms with van der Waals surface area (Å²) in [5.41, 5.74) is -0.387. The molecule has 1 heterocycles. The molecule has 0 bridgehead atoms. The minimum atomic E-state index is -0.387. The van der Waals surface area contributed by atoms with Crippen LogP contribution in [0.4, 0.5) is 0 Å². The number of nitrogens with one attached hydrogen (secondary N) is 1. The number of rotatable bonds is 3. The first-order valence-corrected chi connectivity index (χ1v) is 7.32. The number of thioether (sulfide) groups is 1. The van der Waals surface area contributed by atoms with Gasteiger partial charge < -0.3 is 10.4 Å². The van der Waals surface area contributed by atoms with E-state index in [4.69, 9.17) is 0 Å². The van der Waals surface area contributed by atoms with Crippen molar-refractivity contribution in [2.75, 3.05) is 12.3 Å². The van der Waals surface area contributed by atoms with Crippen molar-refractivity contribution in [1.29, 1.82) is 0 Å². The molecule has 0 aromatic carbocycles. The molecule has 2 N–H and O–H groups in total.